The predicted octanol–water partition coefficient (Wildman–Crippen LogP) is 5.73. The van der Waals surface area contributed by atoms with Gasteiger partial charge in [0.05, 0.1) is 0 Å². The smallest absolute Gasteiger partial charge is 0.260 e. The van der Waals surface area contributed by atoms with Gasteiger partial charge >= 0.3 is 0 Å². The summed E-state index contributed by atoms with van der Waals surface area (Å²) in [5.74, 6) is -0.320. The van der Waals surface area contributed by atoms with E-state index in [1.165, 1.54) is 24.3 Å². The highest BCUT2D eigenvalue weighted by atomic mass is 19.1. The van der Waals surface area contributed by atoms with Gasteiger partial charge in [0.15, 0.2) is 6.61 Å². The first-order valence-corrected chi connectivity index (χ1v) is 13.3. The minimum atomic E-state index is -0.482. The lowest BCUT2D eigenvalue weighted by Crippen LogP contribution is -2.40. The Morgan fingerprint density at radius 2 is 1.38 bits per heavy atom. The van der Waals surface area contributed by atoms with Crippen molar-refractivity contribution < 1.29 is 23.5 Å². The van der Waals surface area contributed by atoms with Crippen molar-refractivity contribution in [3.63, 3.8) is 0 Å². The molecular weight excluding hydrogens is 509 g/mol. The van der Waals surface area contributed by atoms with Crippen LogP contribution in [0.15, 0.2) is 91.0 Å². The number of hydrogen-bond donors (Lipinski definition) is 2. The topological polar surface area (TPSA) is 87.7 Å². The van der Waals surface area contributed by atoms with Crippen LogP contribution in [0.3, 0.4) is 0 Å². The number of carbonyl (C=O) groups excluding carboxylic acids is 3. The number of benzene rings is 4. The molecule has 1 saturated heterocycles. The summed E-state index contributed by atoms with van der Waals surface area (Å²) in [5, 5.41) is 7.37. The molecule has 3 amide bonds. The molecule has 0 aliphatic carbocycles. The first kappa shape index (κ1) is 26.9. The molecule has 2 N–H and O–H groups in total. The average Bonchev–Trinajstić information content (AvgIpc) is 2.97. The summed E-state index contributed by atoms with van der Waals surface area (Å²) in [6.45, 7) is 1.32. The number of nitrogens with one attached hydrogen (secondary N) is 2. The van der Waals surface area contributed by atoms with E-state index in [9.17, 15) is 18.8 Å². The molecule has 1 aliphatic heterocycles. The molecule has 1 aliphatic rings. The van der Waals surface area contributed by atoms with Gasteiger partial charge < -0.3 is 20.3 Å². The van der Waals surface area contributed by atoms with Crippen molar-refractivity contribution in [2.45, 2.75) is 25.2 Å². The van der Waals surface area contributed by atoms with Crippen molar-refractivity contribution in [2.75, 3.05) is 30.3 Å². The van der Waals surface area contributed by atoms with Crippen molar-refractivity contribution >= 4 is 39.9 Å². The van der Waals surface area contributed by atoms with Gasteiger partial charge in [-0.05, 0) is 72.2 Å². The maximum Gasteiger partial charge on any atom is 0.260 e. The van der Waals surface area contributed by atoms with Gasteiger partial charge in [-0.1, -0.05) is 48.5 Å². The zero-order valence-corrected chi connectivity index (χ0v) is 21.9. The van der Waals surface area contributed by atoms with E-state index in [0.717, 1.165) is 29.2 Å². The molecule has 0 saturated carbocycles. The monoisotopic (exact) mass is 539 g/mol. The lowest BCUT2D eigenvalue weighted by Gasteiger charge is -2.32. The molecule has 4 aromatic rings. The molecular formula is C32H30FN3O4. The third kappa shape index (κ3) is 6.83. The first-order valence-electron chi connectivity index (χ1n) is 13.3. The average molecular weight is 540 g/mol. The van der Waals surface area contributed by atoms with Crippen LogP contribution in [0.25, 0.3) is 10.8 Å². The molecule has 7 nitrogen and oxygen atoms in total. The van der Waals surface area contributed by atoms with Crippen molar-refractivity contribution in [1.29, 1.82) is 0 Å². The fraction of sp³-hybridized carbons (Fsp3) is 0.219. The van der Waals surface area contributed by atoms with Gasteiger partial charge in [-0.3, -0.25) is 14.4 Å². The molecule has 5 rings (SSSR count). The van der Waals surface area contributed by atoms with Crippen LogP contribution in [0.1, 0.15) is 30.7 Å². The van der Waals surface area contributed by atoms with Crippen LogP contribution in [0.4, 0.5) is 15.8 Å². The molecule has 4 aromatic carbocycles. The number of anilines is 2. The predicted molar refractivity (Wildman–Crippen MR) is 153 cm³/mol. The van der Waals surface area contributed by atoms with Gasteiger partial charge in [0.1, 0.15) is 18.0 Å². The van der Waals surface area contributed by atoms with Crippen molar-refractivity contribution in [1.82, 2.24) is 4.90 Å². The van der Waals surface area contributed by atoms with Crippen molar-refractivity contribution in [2.24, 2.45) is 0 Å². The van der Waals surface area contributed by atoms with Gasteiger partial charge in [-0.2, -0.15) is 0 Å². The zero-order chi connectivity index (χ0) is 27.9. The Bertz CT molecular complexity index is 1490. The molecule has 40 heavy (non-hydrogen) atoms. The number of likely N-dealkylation sites (tertiary alicyclic amines) is 1. The molecule has 0 atom stereocenters. The highest BCUT2D eigenvalue weighted by Gasteiger charge is 2.24. The van der Waals surface area contributed by atoms with Crippen LogP contribution in [-0.2, 0) is 14.4 Å². The highest BCUT2D eigenvalue weighted by molar-refractivity contribution is 6.08. The van der Waals surface area contributed by atoms with Gasteiger partial charge in [0.25, 0.3) is 5.91 Å². The number of halogens is 1. The normalized spacial score (nSPS) is 13.6. The third-order valence-corrected chi connectivity index (χ3v) is 7.06. The number of rotatable bonds is 8. The number of ether oxygens (including phenoxy) is 1. The molecule has 0 aromatic heterocycles. The summed E-state index contributed by atoms with van der Waals surface area (Å²) in [6.07, 6.45) is 1.33. The quantitative estimate of drug-likeness (QED) is 0.280. The lowest BCUT2D eigenvalue weighted by molar-refractivity contribution is -0.134. The van der Waals surface area contributed by atoms with Crippen LogP contribution in [0.2, 0.25) is 0 Å². The van der Waals surface area contributed by atoms with Gasteiger partial charge in [-0.15, -0.1) is 0 Å². The van der Waals surface area contributed by atoms with Gasteiger partial charge in [-0.25, -0.2) is 4.39 Å². The van der Waals surface area contributed by atoms with Crippen LogP contribution in [0.5, 0.6) is 5.75 Å². The van der Waals surface area contributed by atoms with E-state index >= 15 is 0 Å². The Morgan fingerprint density at radius 1 is 0.775 bits per heavy atom. The van der Waals surface area contributed by atoms with Crippen LogP contribution in [0, 0.1) is 5.82 Å². The summed E-state index contributed by atoms with van der Waals surface area (Å²) in [6, 6.07) is 26.7. The molecule has 0 unspecified atom stereocenters. The first-order chi connectivity index (χ1) is 19.4. The van der Waals surface area contributed by atoms with E-state index < -0.39 is 17.6 Å². The maximum atomic E-state index is 13.0. The second kappa shape index (κ2) is 12.4. The second-order valence-corrected chi connectivity index (χ2v) is 9.82. The Morgan fingerprint density at radius 3 is 2.05 bits per heavy atom. The highest BCUT2D eigenvalue weighted by Crippen LogP contribution is 2.29. The fourth-order valence-electron chi connectivity index (χ4n) is 4.94. The minimum Gasteiger partial charge on any atom is -0.483 e. The van der Waals surface area contributed by atoms with E-state index in [-0.39, 0.29) is 18.9 Å². The van der Waals surface area contributed by atoms with E-state index in [0.29, 0.717) is 36.1 Å². The summed E-state index contributed by atoms with van der Waals surface area (Å²) < 4.78 is 18.9. The molecule has 1 heterocycles. The third-order valence-electron chi connectivity index (χ3n) is 7.06. The Hall–Kier alpha value is -4.72. The van der Waals surface area contributed by atoms with E-state index in [4.69, 9.17) is 4.74 Å². The maximum absolute atomic E-state index is 13.0. The molecule has 1 fully saturated rings. The number of hydrogen-bond acceptors (Lipinski definition) is 4. The standard InChI is InChI=1S/C32H30FN3O4/c33-25-10-14-27(15-11-25)35-31(38)20-30(37)34-26-12-8-22(9-13-26)23-16-18-36(19-17-23)32(39)21-40-29-7-3-5-24-4-1-2-6-28(24)29/h1-15,23H,16-21H2,(H,34,37)(H,35,38). The van der Waals surface area contributed by atoms with Crippen molar-refractivity contribution in [3.8, 4) is 5.75 Å². The second-order valence-electron chi connectivity index (χ2n) is 9.82. The van der Waals surface area contributed by atoms with E-state index in [2.05, 4.69) is 10.6 Å². The number of fused-ring (bicyclic) bond motifs is 1. The van der Waals surface area contributed by atoms with Crippen LogP contribution < -0.4 is 15.4 Å². The minimum absolute atomic E-state index is 0.00892. The van der Waals surface area contributed by atoms with Gasteiger partial charge in [0, 0.05) is 29.9 Å². The Balaban J connectivity index is 1.06. The van der Waals surface area contributed by atoms with Crippen LogP contribution in [-0.4, -0.2) is 42.3 Å². The number of carbonyl (C=O) groups is 3. The Labute approximate surface area is 231 Å². The fourth-order valence-corrected chi connectivity index (χ4v) is 4.94. The number of nitrogens with zero attached hydrogens (tertiary/aromatic N) is 1. The summed E-state index contributed by atoms with van der Waals surface area (Å²) >= 11 is 0. The SMILES string of the molecule is O=C(CC(=O)Nc1ccc(C2CCN(C(=O)COc3cccc4ccccc34)CC2)cc1)Nc1ccc(F)cc1. The van der Waals surface area contributed by atoms with E-state index in [1.54, 1.807) is 0 Å². The number of amides is 3. The van der Waals surface area contributed by atoms with Crippen LogP contribution >= 0.6 is 0 Å². The lowest BCUT2D eigenvalue weighted by atomic mass is 9.89. The molecule has 0 spiro atoms. The van der Waals surface area contributed by atoms with Crippen molar-refractivity contribution in [3.05, 3.63) is 102 Å². The zero-order valence-electron chi connectivity index (χ0n) is 21.9. The summed E-state index contributed by atoms with van der Waals surface area (Å²) in [4.78, 5) is 39.0. The molecule has 204 valence electrons. The molecule has 0 radical (unpaired) electrons. The summed E-state index contributed by atoms with van der Waals surface area (Å²) in [5.41, 5.74) is 2.17. The Kier molecular flexibility index (Phi) is 8.35. The summed E-state index contributed by atoms with van der Waals surface area (Å²) in [7, 11) is 0. The molecule has 0 bridgehead atoms. The molecule has 8 heteroatoms. The van der Waals surface area contributed by atoms with Gasteiger partial charge in [0.2, 0.25) is 11.8 Å². The van der Waals surface area contributed by atoms with E-state index in [1.807, 2.05) is 71.6 Å². The largest absolute Gasteiger partial charge is 0.483 e. The number of piperidine rings is 1.